The molecule has 0 fully saturated rings. The summed E-state index contributed by atoms with van der Waals surface area (Å²) in [5, 5.41) is 2.86. The highest BCUT2D eigenvalue weighted by molar-refractivity contribution is 7.92. The SMILES string of the molecule is CCCNC(=O)[C@H](C)N(Cc1ccccc1C)C(=O)CN(c1ccc(CC)cc1)S(=O)(=O)c1ccccc1. The minimum absolute atomic E-state index is 0.0894. The van der Waals surface area contributed by atoms with Crippen LogP contribution in [0.25, 0.3) is 0 Å². The van der Waals surface area contributed by atoms with E-state index in [0.29, 0.717) is 12.2 Å². The second-order valence-electron chi connectivity index (χ2n) is 9.26. The standard InChI is InChI=1S/C30H37N3O4S/c1-5-20-31-30(35)24(4)32(21-26-13-11-10-12-23(26)3)29(34)22-33(27-18-16-25(6-2)17-19-27)38(36,37)28-14-8-7-9-15-28/h7-19,24H,5-6,20-22H2,1-4H3,(H,31,35)/t24-/m0/s1. The number of carbonyl (C=O) groups excluding carboxylic acids is 2. The van der Waals surface area contributed by atoms with Crippen molar-refractivity contribution in [1.29, 1.82) is 0 Å². The Kier molecular flexibility index (Phi) is 10.1. The molecule has 0 aromatic heterocycles. The minimum Gasteiger partial charge on any atom is -0.354 e. The fourth-order valence-electron chi connectivity index (χ4n) is 4.10. The molecule has 0 heterocycles. The van der Waals surface area contributed by atoms with E-state index in [2.05, 4.69) is 5.32 Å². The summed E-state index contributed by atoms with van der Waals surface area (Å²) >= 11 is 0. The maximum absolute atomic E-state index is 13.9. The number of aryl methyl sites for hydroxylation is 2. The summed E-state index contributed by atoms with van der Waals surface area (Å²) in [5.74, 6) is -0.745. The summed E-state index contributed by atoms with van der Waals surface area (Å²) in [6, 6.07) is 22.1. The molecule has 7 nitrogen and oxygen atoms in total. The van der Waals surface area contributed by atoms with E-state index in [1.54, 1.807) is 37.3 Å². The molecule has 0 saturated carbocycles. The number of rotatable bonds is 12. The van der Waals surface area contributed by atoms with Gasteiger partial charge in [-0.2, -0.15) is 0 Å². The summed E-state index contributed by atoms with van der Waals surface area (Å²) in [7, 11) is -4.06. The highest BCUT2D eigenvalue weighted by atomic mass is 32.2. The molecular weight excluding hydrogens is 498 g/mol. The average Bonchev–Trinajstić information content (AvgIpc) is 2.94. The Hall–Kier alpha value is -3.65. The third kappa shape index (κ3) is 7.01. The third-order valence-corrected chi connectivity index (χ3v) is 8.35. The number of carbonyl (C=O) groups is 2. The van der Waals surface area contributed by atoms with Crippen LogP contribution in [-0.2, 0) is 32.6 Å². The summed E-state index contributed by atoms with van der Waals surface area (Å²) in [4.78, 5) is 28.4. The first-order valence-corrected chi connectivity index (χ1v) is 14.4. The molecule has 3 aromatic carbocycles. The second-order valence-corrected chi connectivity index (χ2v) is 11.1. The molecule has 2 amide bonds. The van der Waals surface area contributed by atoms with Crippen LogP contribution in [0.1, 0.15) is 43.9 Å². The van der Waals surface area contributed by atoms with Gasteiger partial charge in [0, 0.05) is 13.1 Å². The molecule has 1 atom stereocenters. The van der Waals surface area contributed by atoms with Crippen LogP contribution in [0.3, 0.4) is 0 Å². The van der Waals surface area contributed by atoms with Crippen molar-refractivity contribution in [2.75, 3.05) is 17.4 Å². The van der Waals surface area contributed by atoms with Gasteiger partial charge in [0.15, 0.2) is 0 Å². The molecule has 0 aliphatic heterocycles. The smallest absolute Gasteiger partial charge is 0.264 e. The highest BCUT2D eigenvalue weighted by Crippen LogP contribution is 2.25. The van der Waals surface area contributed by atoms with Gasteiger partial charge in [-0.3, -0.25) is 13.9 Å². The number of anilines is 1. The first kappa shape index (κ1) is 28.9. The molecule has 0 bridgehead atoms. The predicted molar refractivity (Wildman–Crippen MR) is 151 cm³/mol. The molecule has 0 saturated heterocycles. The van der Waals surface area contributed by atoms with E-state index in [-0.39, 0.29) is 17.3 Å². The van der Waals surface area contributed by atoms with Crippen LogP contribution in [0.5, 0.6) is 0 Å². The molecule has 0 spiro atoms. The first-order valence-electron chi connectivity index (χ1n) is 13.0. The van der Waals surface area contributed by atoms with Gasteiger partial charge < -0.3 is 10.2 Å². The zero-order valence-corrected chi connectivity index (χ0v) is 23.4. The number of nitrogens with zero attached hydrogens (tertiary/aromatic N) is 2. The monoisotopic (exact) mass is 535 g/mol. The van der Waals surface area contributed by atoms with Gasteiger partial charge in [0.25, 0.3) is 10.0 Å². The quantitative estimate of drug-likeness (QED) is 0.364. The number of benzene rings is 3. The summed E-state index contributed by atoms with van der Waals surface area (Å²) < 4.78 is 28.7. The first-order chi connectivity index (χ1) is 18.2. The van der Waals surface area contributed by atoms with Gasteiger partial charge in [0.05, 0.1) is 10.6 Å². The van der Waals surface area contributed by atoms with Crippen molar-refractivity contribution in [2.45, 2.75) is 58.0 Å². The molecule has 1 N–H and O–H groups in total. The fraction of sp³-hybridized carbons (Fsp3) is 0.333. The van der Waals surface area contributed by atoms with Crippen LogP contribution in [0.2, 0.25) is 0 Å². The van der Waals surface area contributed by atoms with E-state index in [4.69, 9.17) is 0 Å². The van der Waals surface area contributed by atoms with Crippen LogP contribution in [0, 0.1) is 6.92 Å². The zero-order chi connectivity index (χ0) is 27.7. The molecule has 0 unspecified atom stereocenters. The lowest BCUT2D eigenvalue weighted by molar-refractivity contribution is -0.139. The maximum Gasteiger partial charge on any atom is 0.264 e. The Morgan fingerprint density at radius 1 is 0.895 bits per heavy atom. The van der Waals surface area contributed by atoms with Crippen molar-refractivity contribution < 1.29 is 18.0 Å². The van der Waals surface area contributed by atoms with Crippen LogP contribution < -0.4 is 9.62 Å². The van der Waals surface area contributed by atoms with Gasteiger partial charge in [-0.15, -0.1) is 0 Å². The van der Waals surface area contributed by atoms with Gasteiger partial charge in [-0.25, -0.2) is 8.42 Å². The Balaban J connectivity index is 2.02. The van der Waals surface area contributed by atoms with E-state index in [0.717, 1.165) is 33.8 Å². The fourth-order valence-corrected chi connectivity index (χ4v) is 5.53. The molecular formula is C30H37N3O4S. The molecule has 38 heavy (non-hydrogen) atoms. The highest BCUT2D eigenvalue weighted by Gasteiger charge is 2.32. The van der Waals surface area contributed by atoms with E-state index >= 15 is 0 Å². The average molecular weight is 536 g/mol. The van der Waals surface area contributed by atoms with E-state index in [9.17, 15) is 18.0 Å². The molecule has 8 heteroatoms. The van der Waals surface area contributed by atoms with Crippen LogP contribution >= 0.6 is 0 Å². The lowest BCUT2D eigenvalue weighted by atomic mass is 10.1. The molecule has 202 valence electrons. The largest absolute Gasteiger partial charge is 0.354 e. The van der Waals surface area contributed by atoms with Crippen molar-refractivity contribution in [3.8, 4) is 0 Å². The lowest BCUT2D eigenvalue weighted by Crippen LogP contribution is -2.51. The van der Waals surface area contributed by atoms with Crippen molar-refractivity contribution in [3.63, 3.8) is 0 Å². The van der Waals surface area contributed by atoms with Gasteiger partial charge >= 0.3 is 0 Å². The third-order valence-electron chi connectivity index (χ3n) is 6.56. The molecule has 0 radical (unpaired) electrons. The summed E-state index contributed by atoms with van der Waals surface area (Å²) in [6.45, 7) is 7.82. The van der Waals surface area contributed by atoms with Crippen molar-refractivity contribution >= 4 is 27.5 Å². The zero-order valence-electron chi connectivity index (χ0n) is 22.6. The van der Waals surface area contributed by atoms with Crippen LogP contribution in [0.4, 0.5) is 5.69 Å². The van der Waals surface area contributed by atoms with Crippen molar-refractivity contribution in [3.05, 3.63) is 95.6 Å². The molecule has 3 rings (SSSR count). The van der Waals surface area contributed by atoms with E-state index in [1.807, 2.05) is 57.2 Å². The second kappa shape index (κ2) is 13.2. The van der Waals surface area contributed by atoms with Crippen molar-refractivity contribution in [1.82, 2.24) is 10.2 Å². The number of hydrogen-bond donors (Lipinski definition) is 1. The van der Waals surface area contributed by atoms with Gasteiger partial charge in [-0.05, 0) is 67.6 Å². The van der Waals surface area contributed by atoms with E-state index in [1.165, 1.54) is 17.0 Å². The van der Waals surface area contributed by atoms with Gasteiger partial charge in [0.2, 0.25) is 11.8 Å². The number of hydrogen-bond acceptors (Lipinski definition) is 4. The predicted octanol–water partition coefficient (Wildman–Crippen LogP) is 4.70. The minimum atomic E-state index is -4.06. The number of sulfonamides is 1. The number of nitrogens with one attached hydrogen (secondary N) is 1. The Labute approximate surface area is 226 Å². The lowest BCUT2D eigenvalue weighted by Gasteiger charge is -2.32. The van der Waals surface area contributed by atoms with E-state index < -0.39 is 28.5 Å². The van der Waals surface area contributed by atoms with Gasteiger partial charge in [0.1, 0.15) is 12.6 Å². The normalized spacial score (nSPS) is 12.0. The summed E-state index contributed by atoms with van der Waals surface area (Å²) in [5.41, 5.74) is 3.31. The van der Waals surface area contributed by atoms with Crippen LogP contribution in [-0.4, -0.2) is 44.3 Å². The van der Waals surface area contributed by atoms with Crippen LogP contribution in [0.15, 0.2) is 83.8 Å². The Bertz CT molecular complexity index is 1330. The Morgan fingerprint density at radius 3 is 2.13 bits per heavy atom. The van der Waals surface area contributed by atoms with Gasteiger partial charge in [-0.1, -0.05) is 68.4 Å². The Morgan fingerprint density at radius 2 is 1.53 bits per heavy atom. The topological polar surface area (TPSA) is 86.8 Å². The summed E-state index contributed by atoms with van der Waals surface area (Å²) in [6.07, 6.45) is 1.57. The number of amides is 2. The maximum atomic E-state index is 13.9. The molecule has 0 aliphatic rings. The molecule has 3 aromatic rings. The molecule has 0 aliphatic carbocycles. The van der Waals surface area contributed by atoms with Crippen molar-refractivity contribution in [2.24, 2.45) is 0 Å².